The minimum absolute atomic E-state index is 0.105. The van der Waals surface area contributed by atoms with Crippen LogP contribution in [0.1, 0.15) is 388 Å². The summed E-state index contributed by atoms with van der Waals surface area (Å²) >= 11 is 0. The fourth-order valence-electron chi connectivity index (χ4n) is 11.5. The van der Waals surface area contributed by atoms with E-state index in [1.807, 2.05) is 0 Å². The van der Waals surface area contributed by atoms with Crippen molar-refractivity contribution in [2.24, 2.45) is 11.8 Å². The smallest absolute Gasteiger partial charge is 0.462 e. The van der Waals surface area contributed by atoms with Crippen molar-refractivity contribution in [3.05, 3.63) is 0 Å². The molecule has 0 spiro atoms. The highest BCUT2D eigenvalue weighted by Gasteiger charge is 2.30. The number of ether oxygens (including phenoxy) is 4. The molecule has 2 unspecified atom stereocenters. The molecule has 0 saturated heterocycles. The van der Waals surface area contributed by atoms with Gasteiger partial charge in [0, 0.05) is 25.7 Å². The fourth-order valence-corrected chi connectivity index (χ4v) is 13.1. The molecule has 0 aliphatic heterocycles. The second-order valence-corrected chi connectivity index (χ2v) is 30.9. The Morgan fingerprint density at radius 1 is 0.287 bits per heavy atom. The summed E-state index contributed by atoms with van der Waals surface area (Å²) in [4.78, 5) is 72.7. The lowest BCUT2D eigenvalue weighted by molar-refractivity contribution is -0.161. The number of esters is 4. The third-order valence-electron chi connectivity index (χ3n) is 17.5. The summed E-state index contributed by atoms with van der Waals surface area (Å²) in [5, 5.41) is 10.6. The average Bonchev–Trinajstić information content (AvgIpc) is 1.36. The van der Waals surface area contributed by atoms with Gasteiger partial charge in [-0.1, -0.05) is 337 Å². The maximum Gasteiger partial charge on any atom is 0.472 e. The number of phosphoric ester groups is 2. The van der Waals surface area contributed by atoms with Crippen LogP contribution in [-0.2, 0) is 65.4 Å². The summed E-state index contributed by atoms with van der Waals surface area (Å²) in [5.41, 5.74) is 0. The summed E-state index contributed by atoms with van der Waals surface area (Å²) in [6, 6.07) is 0. The van der Waals surface area contributed by atoms with Crippen LogP contribution in [-0.4, -0.2) is 96.7 Å². The van der Waals surface area contributed by atoms with Gasteiger partial charge in [-0.15, -0.1) is 0 Å². The van der Waals surface area contributed by atoms with Crippen molar-refractivity contribution in [3.63, 3.8) is 0 Å². The van der Waals surface area contributed by atoms with Gasteiger partial charge < -0.3 is 33.8 Å². The highest BCUT2D eigenvalue weighted by Crippen LogP contribution is 2.45. The Labute approximate surface area is 575 Å². The third-order valence-corrected chi connectivity index (χ3v) is 19.4. The number of hydrogen-bond acceptors (Lipinski definition) is 15. The van der Waals surface area contributed by atoms with Gasteiger partial charge in [0.1, 0.15) is 19.3 Å². The largest absolute Gasteiger partial charge is 0.472 e. The van der Waals surface area contributed by atoms with E-state index in [0.29, 0.717) is 31.6 Å². The molecule has 0 amide bonds. The lowest BCUT2D eigenvalue weighted by atomic mass is 10.0. The number of unbranched alkanes of at least 4 members (excludes halogenated alkanes) is 44. The normalized spacial score (nSPS) is 14.0. The lowest BCUT2D eigenvalue weighted by Gasteiger charge is -2.21. The predicted octanol–water partition coefficient (Wildman–Crippen LogP) is 21.9. The van der Waals surface area contributed by atoms with Crippen molar-refractivity contribution in [2.75, 3.05) is 39.6 Å². The molecule has 0 radical (unpaired) electrons. The zero-order chi connectivity index (χ0) is 69.3. The Balaban J connectivity index is 5.24. The van der Waals surface area contributed by atoms with E-state index in [1.54, 1.807) is 0 Å². The van der Waals surface area contributed by atoms with Crippen molar-refractivity contribution in [1.29, 1.82) is 0 Å². The van der Waals surface area contributed by atoms with Crippen LogP contribution >= 0.6 is 15.6 Å². The molecule has 0 bridgehead atoms. The van der Waals surface area contributed by atoms with Gasteiger partial charge in [0.05, 0.1) is 26.4 Å². The first-order valence-electron chi connectivity index (χ1n) is 39.0. The van der Waals surface area contributed by atoms with Crippen LogP contribution < -0.4 is 0 Å². The average molecular weight is 1380 g/mol. The molecule has 0 aliphatic carbocycles. The third kappa shape index (κ3) is 68.6. The van der Waals surface area contributed by atoms with E-state index in [4.69, 9.17) is 37.0 Å². The van der Waals surface area contributed by atoms with Crippen LogP contribution in [0.25, 0.3) is 0 Å². The molecule has 0 rings (SSSR count). The Bertz CT molecular complexity index is 1820. The second-order valence-electron chi connectivity index (χ2n) is 28.0. The SMILES string of the molecule is CCCCCCCCCCCCCCCCCCCC(=O)O[C@H](COC(=O)CCCCCCCCCCCCCCCCC)COP(=O)(O)OC[C@@H](O)COP(=O)(O)OC[C@@H](COC(=O)CCCCCCCCC(C)C)OC(=O)CCCCCCCCCCCCC(C)C. The number of rotatable bonds is 74. The molecule has 17 nitrogen and oxygen atoms in total. The number of aliphatic hydroxyl groups excluding tert-OH is 1. The van der Waals surface area contributed by atoms with Gasteiger partial charge >= 0.3 is 39.5 Å². The minimum atomic E-state index is -4.96. The van der Waals surface area contributed by atoms with Crippen LogP contribution in [0.2, 0.25) is 0 Å². The molecule has 5 atom stereocenters. The van der Waals surface area contributed by atoms with Gasteiger partial charge in [0.2, 0.25) is 0 Å². The molecule has 0 saturated carbocycles. The van der Waals surface area contributed by atoms with Crippen molar-refractivity contribution in [3.8, 4) is 0 Å². The van der Waals surface area contributed by atoms with Crippen LogP contribution in [0, 0.1) is 11.8 Å². The maximum absolute atomic E-state index is 13.1. The molecule has 94 heavy (non-hydrogen) atoms. The molecule has 0 heterocycles. The standard InChI is InChI=1S/C75H146O17P2/c1-7-9-11-13-15-17-19-21-23-24-26-28-30-35-39-47-53-59-74(79)91-70(63-85-72(77)57-51-45-38-34-29-27-25-22-20-18-16-14-12-10-8-2)65-89-93(81,82)87-61-69(76)62-88-94(83,84)90-66-71(64-86-73(78)58-52-46-42-41-44-50-56-68(5)6)92-75(80)60-54-48-40-36-32-31-33-37-43-49-55-67(3)4/h67-71,76H,7-66H2,1-6H3,(H,81,82)(H,83,84)/t69-,70-,71-/m1/s1. The van der Waals surface area contributed by atoms with Crippen molar-refractivity contribution < 1.29 is 80.2 Å². The van der Waals surface area contributed by atoms with Crippen molar-refractivity contribution >= 4 is 39.5 Å². The van der Waals surface area contributed by atoms with Gasteiger partial charge in [0.15, 0.2) is 12.2 Å². The fraction of sp³-hybridized carbons (Fsp3) is 0.947. The quantitative estimate of drug-likeness (QED) is 0.0222. The summed E-state index contributed by atoms with van der Waals surface area (Å²) in [5.74, 6) is -0.686. The number of phosphoric acid groups is 2. The summed E-state index contributed by atoms with van der Waals surface area (Å²) in [6.07, 6.45) is 54.2. The van der Waals surface area contributed by atoms with Gasteiger partial charge in [-0.05, 0) is 37.5 Å². The van der Waals surface area contributed by atoms with Crippen LogP contribution in [0.3, 0.4) is 0 Å². The van der Waals surface area contributed by atoms with E-state index >= 15 is 0 Å². The summed E-state index contributed by atoms with van der Waals surface area (Å²) < 4.78 is 68.5. The molecule has 558 valence electrons. The Morgan fingerprint density at radius 3 is 0.723 bits per heavy atom. The zero-order valence-corrected chi connectivity index (χ0v) is 63.1. The second kappa shape index (κ2) is 66.9. The monoisotopic (exact) mass is 1380 g/mol. The Hall–Kier alpha value is -1.94. The zero-order valence-electron chi connectivity index (χ0n) is 61.3. The highest BCUT2D eigenvalue weighted by atomic mass is 31.2. The Morgan fingerprint density at radius 2 is 0.489 bits per heavy atom. The first kappa shape index (κ1) is 92.1. The van der Waals surface area contributed by atoms with Crippen molar-refractivity contribution in [2.45, 2.75) is 407 Å². The summed E-state index contributed by atoms with van der Waals surface area (Å²) in [6.45, 7) is 9.50. The van der Waals surface area contributed by atoms with Crippen LogP contribution in [0.4, 0.5) is 0 Å². The van der Waals surface area contributed by atoms with Gasteiger partial charge in [0.25, 0.3) is 0 Å². The highest BCUT2D eigenvalue weighted by molar-refractivity contribution is 7.47. The molecule has 3 N–H and O–H groups in total. The molecular formula is C75H146O17P2. The molecule has 0 aromatic carbocycles. The van der Waals surface area contributed by atoms with Gasteiger partial charge in [-0.2, -0.15) is 0 Å². The van der Waals surface area contributed by atoms with E-state index in [0.717, 1.165) is 102 Å². The van der Waals surface area contributed by atoms with Crippen LogP contribution in [0.15, 0.2) is 0 Å². The van der Waals surface area contributed by atoms with Gasteiger partial charge in [-0.25, -0.2) is 9.13 Å². The number of aliphatic hydroxyl groups is 1. The number of carbonyl (C=O) groups is 4. The topological polar surface area (TPSA) is 237 Å². The van der Waals surface area contributed by atoms with E-state index in [9.17, 15) is 43.2 Å². The molecule has 0 fully saturated rings. The Kier molecular flexibility index (Phi) is 65.5. The predicted molar refractivity (Wildman–Crippen MR) is 381 cm³/mol. The number of carbonyl (C=O) groups excluding carboxylic acids is 4. The maximum atomic E-state index is 13.1. The van der Waals surface area contributed by atoms with E-state index < -0.39 is 97.5 Å². The number of hydrogen-bond donors (Lipinski definition) is 3. The van der Waals surface area contributed by atoms with E-state index in [2.05, 4.69) is 41.5 Å². The lowest BCUT2D eigenvalue weighted by Crippen LogP contribution is -2.30. The van der Waals surface area contributed by atoms with Gasteiger partial charge in [-0.3, -0.25) is 37.3 Å². The first-order chi connectivity index (χ1) is 45.4. The summed E-state index contributed by atoms with van der Waals surface area (Å²) in [7, 11) is -9.91. The van der Waals surface area contributed by atoms with E-state index in [-0.39, 0.29) is 25.7 Å². The minimum Gasteiger partial charge on any atom is -0.462 e. The van der Waals surface area contributed by atoms with E-state index in [1.165, 1.54) is 199 Å². The van der Waals surface area contributed by atoms with Crippen LogP contribution in [0.5, 0.6) is 0 Å². The molecule has 0 aromatic heterocycles. The first-order valence-corrected chi connectivity index (χ1v) is 42.0. The molecule has 0 aromatic rings. The molecular weight excluding hydrogens is 1230 g/mol. The molecule has 0 aliphatic rings. The van der Waals surface area contributed by atoms with Crippen molar-refractivity contribution in [1.82, 2.24) is 0 Å². The molecule has 19 heteroatoms.